The first-order chi connectivity index (χ1) is 12.1. The zero-order valence-corrected chi connectivity index (χ0v) is 15.6. The Balaban J connectivity index is 1.53. The van der Waals surface area contributed by atoms with Gasteiger partial charge in [0.1, 0.15) is 10.7 Å². The van der Waals surface area contributed by atoms with Crippen LogP contribution in [0.4, 0.5) is 0 Å². The smallest absolute Gasteiger partial charge is 0.253 e. The molecule has 0 atom stereocenters. The highest BCUT2D eigenvalue weighted by Crippen LogP contribution is 2.35. The molecule has 0 bridgehead atoms. The molecule has 5 nitrogen and oxygen atoms in total. The number of piperidine rings is 1. The number of hydrogen-bond donors (Lipinski definition) is 0. The SMILES string of the molecule is Cc1sc2c(C3CCN(C(=O)c4ccncc4)CC3)nc(C)n2c1C. The summed E-state index contributed by atoms with van der Waals surface area (Å²) in [4.78, 5) is 26.0. The Labute approximate surface area is 151 Å². The Morgan fingerprint density at radius 3 is 2.52 bits per heavy atom. The standard InChI is InChI=1S/C19H22N4OS/c1-12-13(2)25-19-17(21-14(3)23(12)19)15-6-10-22(11-7-15)18(24)16-4-8-20-9-5-16/h4-5,8-9,15H,6-7,10-11H2,1-3H3. The van der Waals surface area contributed by atoms with Crippen LogP contribution in [-0.4, -0.2) is 38.3 Å². The van der Waals surface area contributed by atoms with Crippen LogP contribution in [0.1, 0.15) is 51.2 Å². The third-order valence-electron chi connectivity index (χ3n) is 5.22. The number of carbonyl (C=O) groups excluding carboxylic acids is 1. The summed E-state index contributed by atoms with van der Waals surface area (Å²) in [6, 6.07) is 3.57. The summed E-state index contributed by atoms with van der Waals surface area (Å²) >= 11 is 1.84. The predicted octanol–water partition coefficient (Wildman–Crippen LogP) is 3.74. The Morgan fingerprint density at radius 2 is 1.84 bits per heavy atom. The van der Waals surface area contributed by atoms with Gasteiger partial charge in [-0.1, -0.05) is 0 Å². The van der Waals surface area contributed by atoms with Crippen molar-refractivity contribution in [2.24, 2.45) is 0 Å². The van der Waals surface area contributed by atoms with Gasteiger partial charge in [-0.15, -0.1) is 11.3 Å². The maximum absolute atomic E-state index is 12.6. The van der Waals surface area contributed by atoms with E-state index in [9.17, 15) is 4.79 Å². The van der Waals surface area contributed by atoms with Crippen LogP contribution in [0.25, 0.3) is 4.83 Å². The lowest BCUT2D eigenvalue weighted by molar-refractivity contribution is 0.0712. The highest BCUT2D eigenvalue weighted by atomic mass is 32.1. The average Bonchev–Trinajstić information content (AvgIpc) is 3.12. The molecule has 4 heterocycles. The van der Waals surface area contributed by atoms with E-state index in [0.717, 1.165) is 37.3 Å². The first-order valence-corrected chi connectivity index (χ1v) is 9.52. The van der Waals surface area contributed by atoms with Gasteiger partial charge in [0.25, 0.3) is 5.91 Å². The van der Waals surface area contributed by atoms with E-state index >= 15 is 0 Å². The molecule has 0 aromatic carbocycles. The summed E-state index contributed by atoms with van der Waals surface area (Å²) in [5.74, 6) is 1.61. The number of hydrogen-bond acceptors (Lipinski definition) is 4. The van der Waals surface area contributed by atoms with E-state index in [2.05, 4.69) is 30.2 Å². The molecule has 0 unspecified atom stereocenters. The van der Waals surface area contributed by atoms with Gasteiger partial charge in [0.2, 0.25) is 0 Å². The lowest BCUT2D eigenvalue weighted by atomic mass is 9.93. The third kappa shape index (κ3) is 2.74. The van der Waals surface area contributed by atoms with Gasteiger partial charge >= 0.3 is 0 Å². The lowest BCUT2D eigenvalue weighted by Gasteiger charge is -2.31. The van der Waals surface area contributed by atoms with Crippen LogP contribution in [0.2, 0.25) is 0 Å². The summed E-state index contributed by atoms with van der Waals surface area (Å²) in [7, 11) is 0. The van der Waals surface area contributed by atoms with Gasteiger partial charge in [0.05, 0.1) is 5.69 Å². The Bertz CT molecular complexity index is 920. The minimum absolute atomic E-state index is 0.106. The number of likely N-dealkylation sites (tertiary alicyclic amines) is 1. The van der Waals surface area contributed by atoms with Gasteiger partial charge in [-0.05, 0) is 45.7 Å². The van der Waals surface area contributed by atoms with Crippen molar-refractivity contribution in [3.8, 4) is 0 Å². The topological polar surface area (TPSA) is 50.5 Å². The minimum atomic E-state index is 0.106. The number of rotatable bonds is 2. The van der Waals surface area contributed by atoms with Crippen LogP contribution in [-0.2, 0) is 0 Å². The van der Waals surface area contributed by atoms with Crippen molar-refractivity contribution in [2.45, 2.75) is 39.5 Å². The summed E-state index contributed by atoms with van der Waals surface area (Å²) < 4.78 is 2.28. The van der Waals surface area contributed by atoms with E-state index in [0.29, 0.717) is 5.92 Å². The molecular formula is C19H22N4OS. The van der Waals surface area contributed by atoms with Crippen LogP contribution in [0.5, 0.6) is 0 Å². The number of aromatic nitrogens is 3. The fraction of sp³-hybridized carbons (Fsp3) is 0.421. The second-order valence-corrected chi connectivity index (χ2v) is 7.93. The normalized spacial score (nSPS) is 15.9. The van der Waals surface area contributed by atoms with Gasteiger partial charge in [-0.25, -0.2) is 4.98 Å². The molecule has 130 valence electrons. The van der Waals surface area contributed by atoms with E-state index in [-0.39, 0.29) is 5.91 Å². The molecule has 1 aliphatic rings. The first-order valence-electron chi connectivity index (χ1n) is 8.70. The van der Waals surface area contributed by atoms with Crippen molar-refractivity contribution in [1.82, 2.24) is 19.3 Å². The number of aryl methyl sites for hydroxylation is 3. The van der Waals surface area contributed by atoms with E-state index < -0.39 is 0 Å². The maximum atomic E-state index is 12.6. The molecule has 6 heteroatoms. The number of carbonyl (C=O) groups is 1. The van der Waals surface area contributed by atoms with Crippen LogP contribution < -0.4 is 0 Å². The number of amides is 1. The summed E-state index contributed by atoms with van der Waals surface area (Å²) in [5.41, 5.74) is 3.23. The fourth-order valence-corrected chi connectivity index (χ4v) is 4.91. The van der Waals surface area contributed by atoms with Crippen LogP contribution in [0, 0.1) is 20.8 Å². The third-order valence-corrected chi connectivity index (χ3v) is 6.41. The van der Waals surface area contributed by atoms with Crippen LogP contribution in [0.15, 0.2) is 24.5 Å². The number of fused-ring (bicyclic) bond motifs is 1. The molecule has 0 N–H and O–H groups in total. The van der Waals surface area contributed by atoms with E-state index in [1.165, 1.54) is 21.1 Å². The van der Waals surface area contributed by atoms with Crippen molar-refractivity contribution in [1.29, 1.82) is 0 Å². The Hall–Kier alpha value is -2.21. The molecule has 1 saturated heterocycles. The molecule has 1 fully saturated rings. The molecule has 1 amide bonds. The van der Waals surface area contributed by atoms with Gasteiger partial charge in [0.15, 0.2) is 0 Å². The van der Waals surface area contributed by atoms with Gasteiger partial charge in [-0.2, -0.15) is 0 Å². The largest absolute Gasteiger partial charge is 0.339 e. The van der Waals surface area contributed by atoms with E-state index in [1.807, 2.05) is 16.2 Å². The summed E-state index contributed by atoms with van der Waals surface area (Å²) in [5, 5.41) is 0. The van der Waals surface area contributed by atoms with Crippen molar-refractivity contribution in [3.05, 3.63) is 52.2 Å². The van der Waals surface area contributed by atoms with Crippen LogP contribution in [0.3, 0.4) is 0 Å². The Morgan fingerprint density at radius 1 is 1.16 bits per heavy atom. The highest BCUT2D eigenvalue weighted by molar-refractivity contribution is 7.17. The molecule has 1 aliphatic heterocycles. The summed E-state index contributed by atoms with van der Waals surface area (Å²) in [6.07, 6.45) is 5.29. The number of thiazole rings is 1. The van der Waals surface area contributed by atoms with E-state index in [1.54, 1.807) is 24.5 Å². The van der Waals surface area contributed by atoms with E-state index in [4.69, 9.17) is 4.98 Å². The number of imidazole rings is 1. The van der Waals surface area contributed by atoms with Crippen molar-refractivity contribution in [2.75, 3.05) is 13.1 Å². The minimum Gasteiger partial charge on any atom is -0.339 e. The molecule has 4 rings (SSSR count). The average molecular weight is 354 g/mol. The monoisotopic (exact) mass is 354 g/mol. The molecular weight excluding hydrogens is 332 g/mol. The quantitative estimate of drug-likeness (QED) is 0.704. The fourth-order valence-electron chi connectivity index (χ4n) is 3.70. The number of nitrogens with zero attached hydrogens (tertiary/aromatic N) is 4. The molecule has 3 aromatic heterocycles. The van der Waals surface area contributed by atoms with Gasteiger partial charge in [-0.3, -0.25) is 14.2 Å². The molecule has 0 aliphatic carbocycles. The molecule has 0 saturated carbocycles. The van der Waals surface area contributed by atoms with Crippen molar-refractivity contribution in [3.63, 3.8) is 0 Å². The molecule has 3 aromatic rings. The zero-order chi connectivity index (χ0) is 17.6. The lowest BCUT2D eigenvalue weighted by Crippen LogP contribution is -2.38. The number of pyridine rings is 1. The second kappa shape index (κ2) is 6.26. The second-order valence-electron chi connectivity index (χ2n) is 6.73. The Kier molecular flexibility index (Phi) is 4.07. The molecule has 0 radical (unpaired) electrons. The molecule has 25 heavy (non-hydrogen) atoms. The van der Waals surface area contributed by atoms with Crippen molar-refractivity contribution < 1.29 is 4.79 Å². The predicted molar refractivity (Wildman–Crippen MR) is 99.4 cm³/mol. The van der Waals surface area contributed by atoms with Gasteiger partial charge < -0.3 is 4.90 Å². The van der Waals surface area contributed by atoms with Gasteiger partial charge in [0, 0.05) is 47.5 Å². The zero-order valence-electron chi connectivity index (χ0n) is 14.8. The first kappa shape index (κ1) is 16.3. The summed E-state index contributed by atoms with van der Waals surface area (Å²) in [6.45, 7) is 7.98. The van der Waals surface area contributed by atoms with Crippen molar-refractivity contribution >= 4 is 22.1 Å². The highest BCUT2D eigenvalue weighted by Gasteiger charge is 2.28. The molecule has 0 spiro atoms. The van der Waals surface area contributed by atoms with Crippen LogP contribution >= 0.6 is 11.3 Å². The maximum Gasteiger partial charge on any atom is 0.253 e.